The number of amides is 1. The lowest BCUT2D eigenvalue weighted by atomic mass is 10.1. The van der Waals surface area contributed by atoms with Gasteiger partial charge in [-0.1, -0.05) is 29.8 Å². The van der Waals surface area contributed by atoms with Crippen LogP contribution in [0.15, 0.2) is 53.4 Å². The van der Waals surface area contributed by atoms with Crippen molar-refractivity contribution in [2.24, 2.45) is 5.73 Å². The number of rotatable bonds is 4. The van der Waals surface area contributed by atoms with Gasteiger partial charge in [0, 0.05) is 30.2 Å². The van der Waals surface area contributed by atoms with Crippen LogP contribution in [-0.4, -0.2) is 38.2 Å². The van der Waals surface area contributed by atoms with E-state index < -0.39 is 15.7 Å². The third kappa shape index (κ3) is 3.88. The number of carbonyl (C=O) groups excluding carboxylic acids is 1. The van der Waals surface area contributed by atoms with Gasteiger partial charge in [0.1, 0.15) is 5.82 Å². The molecule has 0 fully saturated rings. The first-order valence-corrected chi connectivity index (χ1v) is 11.0. The summed E-state index contributed by atoms with van der Waals surface area (Å²) >= 11 is 0. The maximum Gasteiger partial charge on any atom is 0.236 e. The Morgan fingerprint density at radius 2 is 2.00 bits per heavy atom. The van der Waals surface area contributed by atoms with E-state index in [4.69, 9.17) is 10.7 Å². The smallest absolute Gasteiger partial charge is 0.236 e. The van der Waals surface area contributed by atoms with Crippen molar-refractivity contribution in [2.75, 3.05) is 29.1 Å². The van der Waals surface area contributed by atoms with E-state index in [1.807, 2.05) is 48.2 Å². The number of primary amides is 1. The largest absolute Gasteiger partial charge is 0.376 e. The third-order valence-electron chi connectivity index (χ3n) is 5.03. The predicted octanol–water partition coefficient (Wildman–Crippen LogP) is 2.23. The molecule has 0 aliphatic carbocycles. The number of nitrogens with one attached hydrogen (secondary N) is 1. The van der Waals surface area contributed by atoms with Crippen LogP contribution >= 0.6 is 0 Å². The fourth-order valence-electron chi connectivity index (χ4n) is 3.57. The molecule has 1 aromatic heterocycles. The number of benzene rings is 2. The summed E-state index contributed by atoms with van der Waals surface area (Å²) in [6.07, 6.45) is 0. The number of sulfone groups is 1. The molecular weight excluding hydrogens is 388 g/mol. The highest BCUT2D eigenvalue weighted by Gasteiger charge is 2.26. The minimum atomic E-state index is -3.35. The lowest BCUT2D eigenvalue weighted by Gasteiger charge is -2.23. The zero-order chi connectivity index (χ0) is 20.6. The molecular formula is C21H22N4O3S. The molecule has 1 aliphatic heterocycles. The Labute approximate surface area is 169 Å². The summed E-state index contributed by atoms with van der Waals surface area (Å²) in [6.45, 7) is 2.76. The summed E-state index contributed by atoms with van der Waals surface area (Å²) in [5.41, 5.74) is 8.64. The molecule has 0 atom stereocenters. The average Bonchev–Trinajstić information content (AvgIpc) is 2.82. The van der Waals surface area contributed by atoms with Gasteiger partial charge in [-0.3, -0.25) is 4.79 Å². The van der Waals surface area contributed by atoms with Crippen molar-refractivity contribution in [1.82, 2.24) is 4.98 Å². The normalized spacial score (nSPS) is 15.6. The summed E-state index contributed by atoms with van der Waals surface area (Å²) in [6, 6.07) is 14.8. The van der Waals surface area contributed by atoms with Gasteiger partial charge in [0.05, 0.1) is 22.7 Å². The van der Waals surface area contributed by atoms with Crippen molar-refractivity contribution >= 4 is 38.2 Å². The summed E-state index contributed by atoms with van der Waals surface area (Å²) in [4.78, 5) is 18.4. The van der Waals surface area contributed by atoms with Crippen LogP contribution in [0.3, 0.4) is 0 Å². The first kappa shape index (κ1) is 19.2. The zero-order valence-electron chi connectivity index (χ0n) is 16.1. The second-order valence-corrected chi connectivity index (χ2v) is 9.29. The number of nitrogens with zero attached hydrogens (tertiary/aromatic N) is 2. The van der Waals surface area contributed by atoms with Gasteiger partial charge in [0.15, 0.2) is 9.84 Å². The van der Waals surface area contributed by atoms with Crippen LogP contribution in [0.4, 0.5) is 11.5 Å². The molecule has 0 spiro atoms. The second kappa shape index (κ2) is 7.36. The molecule has 1 aliphatic rings. The number of hydrogen-bond donors (Lipinski definition) is 2. The lowest BCUT2D eigenvalue weighted by Crippen LogP contribution is -2.27. The van der Waals surface area contributed by atoms with E-state index in [1.54, 1.807) is 12.1 Å². The molecule has 2 aromatic carbocycles. The minimum Gasteiger partial charge on any atom is -0.376 e. The Morgan fingerprint density at radius 3 is 2.79 bits per heavy atom. The number of fused-ring (bicyclic) bond motifs is 2. The van der Waals surface area contributed by atoms with Gasteiger partial charge in [-0.2, -0.15) is 0 Å². The maximum absolute atomic E-state index is 12.7. The van der Waals surface area contributed by atoms with Gasteiger partial charge in [-0.25, -0.2) is 13.4 Å². The number of carbonyl (C=O) groups is 1. The second-order valence-electron chi connectivity index (χ2n) is 7.22. The Bertz CT molecular complexity index is 1210. The van der Waals surface area contributed by atoms with Gasteiger partial charge >= 0.3 is 0 Å². The Hall–Kier alpha value is -3.13. The van der Waals surface area contributed by atoms with Crippen LogP contribution in [0.1, 0.15) is 11.1 Å². The van der Waals surface area contributed by atoms with Gasteiger partial charge in [0.2, 0.25) is 5.91 Å². The van der Waals surface area contributed by atoms with Crippen LogP contribution < -0.4 is 16.0 Å². The monoisotopic (exact) mass is 410 g/mol. The van der Waals surface area contributed by atoms with Crippen LogP contribution in [0, 0.1) is 6.92 Å². The van der Waals surface area contributed by atoms with E-state index in [-0.39, 0.29) is 12.3 Å². The third-order valence-corrected chi connectivity index (χ3v) is 6.81. The number of pyridine rings is 1. The van der Waals surface area contributed by atoms with Gasteiger partial charge in [0.25, 0.3) is 0 Å². The molecule has 0 bridgehead atoms. The molecule has 8 heteroatoms. The van der Waals surface area contributed by atoms with Crippen LogP contribution in [0.2, 0.25) is 0 Å². The van der Waals surface area contributed by atoms with Crippen LogP contribution in [0.5, 0.6) is 0 Å². The first-order valence-electron chi connectivity index (χ1n) is 9.33. The van der Waals surface area contributed by atoms with E-state index in [2.05, 4.69) is 5.32 Å². The fourth-order valence-corrected chi connectivity index (χ4v) is 5.07. The van der Waals surface area contributed by atoms with E-state index in [0.717, 1.165) is 27.7 Å². The molecule has 3 N–H and O–H groups in total. The number of aryl methyl sites for hydroxylation is 1. The van der Waals surface area contributed by atoms with Crippen LogP contribution in [-0.2, 0) is 21.2 Å². The summed E-state index contributed by atoms with van der Waals surface area (Å²) < 4.78 is 25.3. The zero-order valence-corrected chi connectivity index (χ0v) is 16.9. The Balaban J connectivity index is 1.79. The lowest BCUT2D eigenvalue weighted by molar-refractivity contribution is -0.116. The number of hydrogen-bond acceptors (Lipinski definition) is 6. The van der Waals surface area contributed by atoms with Gasteiger partial charge in [-0.15, -0.1) is 0 Å². The van der Waals surface area contributed by atoms with Crippen molar-refractivity contribution in [1.29, 1.82) is 0 Å². The number of nitrogens with two attached hydrogens (primary N) is 1. The van der Waals surface area contributed by atoms with Crippen molar-refractivity contribution in [3.8, 4) is 0 Å². The molecule has 0 radical (unpaired) electrons. The van der Waals surface area contributed by atoms with Crippen molar-refractivity contribution in [2.45, 2.75) is 18.4 Å². The summed E-state index contributed by atoms with van der Waals surface area (Å²) in [5.74, 6) is 0.209. The summed E-state index contributed by atoms with van der Waals surface area (Å²) in [5, 5.41) is 3.97. The topological polar surface area (TPSA) is 105 Å². The predicted molar refractivity (Wildman–Crippen MR) is 114 cm³/mol. The quantitative estimate of drug-likeness (QED) is 0.683. The Morgan fingerprint density at radius 1 is 1.21 bits per heavy atom. The molecule has 7 nitrogen and oxygen atoms in total. The van der Waals surface area contributed by atoms with E-state index in [9.17, 15) is 13.2 Å². The highest BCUT2D eigenvalue weighted by atomic mass is 32.2. The maximum atomic E-state index is 12.7. The molecule has 1 amide bonds. The number of anilines is 2. The summed E-state index contributed by atoms with van der Waals surface area (Å²) in [7, 11) is -3.35. The Kier molecular flexibility index (Phi) is 4.87. The SMILES string of the molecule is Cc1ccc2nc(N3CCS(=O)(=O)c4ccccc4C3)cc(NCC(N)=O)c2c1. The molecule has 0 saturated carbocycles. The molecule has 2 heterocycles. The fraction of sp³-hybridized carbons (Fsp3) is 0.238. The molecule has 3 aromatic rings. The average molecular weight is 410 g/mol. The number of aromatic nitrogens is 1. The highest BCUT2D eigenvalue weighted by Crippen LogP contribution is 2.31. The molecule has 150 valence electrons. The molecule has 0 unspecified atom stereocenters. The van der Waals surface area contributed by atoms with Crippen molar-refractivity contribution in [3.63, 3.8) is 0 Å². The molecule has 29 heavy (non-hydrogen) atoms. The van der Waals surface area contributed by atoms with Crippen molar-refractivity contribution in [3.05, 3.63) is 59.7 Å². The van der Waals surface area contributed by atoms with Crippen molar-refractivity contribution < 1.29 is 13.2 Å². The highest BCUT2D eigenvalue weighted by molar-refractivity contribution is 7.91. The van der Waals surface area contributed by atoms with E-state index in [0.29, 0.717) is 23.8 Å². The molecule has 4 rings (SSSR count). The standard InChI is InChI=1S/C21H22N4O3S/c1-14-6-7-17-16(10-14)18(23-12-20(22)26)11-21(24-17)25-8-9-29(27,28)19-5-3-2-4-15(19)13-25/h2-7,10-11H,8-9,12-13H2,1H3,(H2,22,26)(H,23,24). The van der Waals surface area contributed by atoms with E-state index >= 15 is 0 Å². The first-order chi connectivity index (χ1) is 13.8. The van der Waals surface area contributed by atoms with Gasteiger partial charge in [-0.05, 0) is 30.7 Å². The van der Waals surface area contributed by atoms with Crippen LogP contribution in [0.25, 0.3) is 10.9 Å². The molecule has 0 saturated heterocycles. The minimum absolute atomic E-state index is 0.00368. The van der Waals surface area contributed by atoms with E-state index in [1.165, 1.54) is 0 Å². The van der Waals surface area contributed by atoms with Gasteiger partial charge < -0.3 is 16.0 Å².